The third-order valence-electron chi connectivity index (χ3n) is 5.22. The van der Waals surface area contributed by atoms with Gasteiger partial charge in [0.05, 0.1) is 26.2 Å². The predicted octanol–water partition coefficient (Wildman–Crippen LogP) is 3.10. The number of nitrogens with zero attached hydrogens (tertiary/aromatic N) is 2. The SMILES string of the molecule is COc1ccc(N(CC(=O)Nc2ccc(N3CCCCC3)cc2)S(C)(=O)=O)c(OC)c1. The van der Waals surface area contributed by atoms with Gasteiger partial charge in [-0.05, 0) is 55.7 Å². The van der Waals surface area contributed by atoms with Crippen LogP contribution >= 0.6 is 0 Å². The minimum absolute atomic E-state index is 0.265. The maximum Gasteiger partial charge on any atom is 0.245 e. The van der Waals surface area contributed by atoms with Crippen molar-refractivity contribution < 1.29 is 22.7 Å². The third kappa shape index (κ3) is 5.81. The molecule has 1 N–H and O–H groups in total. The molecule has 1 fully saturated rings. The van der Waals surface area contributed by atoms with Crippen molar-refractivity contribution in [1.82, 2.24) is 0 Å². The van der Waals surface area contributed by atoms with Gasteiger partial charge < -0.3 is 19.7 Å². The number of anilines is 3. The first-order valence-electron chi connectivity index (χ1n) is 10.2. The summed E-state index contributed by atoms with van der Waals surface area (Å²) in [5, 5.41) is 2.78. The van der Waals surface area contributed by atoms with E-state index in [9.17, 15) is 13.2 Å². The number of methoxy groups -OCH3 is 2. The van der Waals surface area contributed by atoms with E-state index in [2.05, 4.69) is 10.2 Å². The molecule has 1 amide bonds. The van der Waals surface area contributed by atoms with Crippen molar-refractivity contribution in [2.45, 2.75) is 19.3 Å². The van der Waals surface area contributed by atoms with Gasteiger partial charge in [0.1, 0.15) is 18.0 Å². The summed E-state index contributed by atoms with van der Waals surface area (Å²) in [6.45, 7) is 1.70. The molecule has 9 heteroatoms. The lowest BCUT2D eigenvalue weighted by atomic mass is 10.1. The first kappa shape index (κ1) is 22.7. The normalized spacial score (nSPS) is 14.1. The number of sulfonamides is 1. The molecule has 0 unspecified atom stereocenters. The molecule has 168 valence electrons. The van der Waals surface area contributed by atoms with Gasteiger partial charge in [-0.1, -0.05) is 0 Å². The Morgan fingerprint density at radius 3 is 2.29 bits per heavy atom. The van der Waals surface area contributed by atoms with E-state index in [1.165, 1.54) is 33.5 Å². The van der Waals surface area contributed by atoms with Crippen LogP contribution in [0.3, 0.4) is 0 Å². The molecule has 1 aliphatic heterocycles. The number of ether oxygens (including phenoxy) is 2. The number of carbonyl (C=O) groups is 1. The Balaban J connectivity index is 1.73. The number of rotatable bonds is 8. The molecule has 31 heavy (non-hydrogen) atoms. The lowest BCUT2D eigenvalue weighted by Gasteiger charge is -2.29. The Hall–Kier alpha value is -2.94. The molecule has 0 spiro atoms. The number of benzene rings is 2. The highest BCUT2D eigenvalue weighted by molar-refractivity contribution is 7.92. The Labute approximate surface area is 183 Å². The van der Waals surface area contributed by atoms with Gasteiger partial charge in [-0.25, -0.2) is 8.42 Å². The third-order valence-corrected chi connectivity index (χ3v) is 6.34. The van der Waals surface area contributed by atoms with Gasteiger partial charge in [0.15, 0.2) is 0 Å². The maximum absolute atomic E-state index is 12.7. The quantitative estimate of drug-likeness (QED) is 0.669. The summed E-state index contributed by atoms with van der Waals surface area (Å²) < 4.78 is 36.3. The van der Waals surface area contributed by atoms with Gasteiger partial charge in [-0.3, -0.25) is 9.10 Å². The number of carbonyl (C=O) groups excluding carboxylic acids is 1. The summed E-state index contributed by atoms with van der Waals surface area (Å²) in [5.74, 6) is 0.366. The highest BCUT2D eigenvalue weighted by atomic mass is 32.2. The van der Waals surface area contributed by atoms with Crippen LogP contribution in [0.15, 0.2) is 42.5 Å². The van der Waals surface area contributed by atoms with E-state index in [0.717, 1.165) is 29.3 Å². The van der Waals surface area contributed by atoms with E-state index >= 15 is 0 Å². The summed E-state index contributed by atoms with van der Waals surface area (Å²) >= 11 is 0. The smallest absolute Gasteiger partial charge is 0.245 e. The summed E-state index contributed by atoms with van der Waals surface area (Å²) in [5.41, 5.74) is 2.00. The van der Waals surface area contributed by atoms with E-state index in [1.54, 1.807) is 18.2 Å². The monoisotopic (exact) mass is 447 g/mol. The maximum atomic E-state index is 12.7. The van der Waals surface area contributed by atoms with Gasteiger partial charge in [0.2, 0.25) is 15.9 Å². The molecule has 8 nitrogen and oxygen atoms in total. The molecule has 2 aromatic rings. The van der Waals surface area contributed by atoms with E-state index in [0.29, 0.717) is 17.2 Å². The average Bonchev–Trinajstić information content (AvgIpc) is 2.77. The molecule has 0 radical (unpaired) electrons. The summed E-state index contributed by atoms with van der Waals surface area (Å²) in [7, 11) is -0.794. The van der Waals surface area contributed by atoms with Crippen LogP contribution in [-0.4, -0.2) is 54.4 Å². The number of piperidine rings is 1. The number of hydrogen-bond donors (Lipinski definition) is 1. The highest BCUT2D eigenvalue weighted by Crippen LogP contribution is 2.33. The molecule has 0 aromatic heterocycles. The molecule has 0 saturated carbocycles. The van der Waals surface area contributed by atoms with Crippen molar-refractivity contribution >= 4 is 33.0 Å². The van der Waals surface area contributed by atoms with Crippen molar-refractivity contribution in [3.63, 3.8) is 0 Å². The van der Waals surface area contributed by atoms with E-state index in [4.69, 9.17) is 9.47 Å². The zero-order valence-corrected chi connectivity index (χ0v) is 18.9. The highest BCUT2D eigenvalue weighted by Gasteiger charge is 2.24. The fourth-order valence-electron chi connectivity index (χ4n) is 3.61. The molecule has 0 bridgehead atoms. The Kier molecular flexibility index (Phi) is 7.27. The molecule has 0 aliphatic carbocycles. The first-order valence-corrected chi connectivity index (χ1v) is 12.0. The summed E-state index contributed by atoms with van der Waals surface area (Å²) in [4.78, 5) is 15.0. The number of hydrogen-bond acceptors (Lipinski definition) is 6. The Morgan fingerprint density at radius 2 is 1.71 bits per heavy atom. The second-order valence-corrected chi connectivity index (χ2v) is 9.36. The van der Waals surface area contributed by atoms with Gasteiger partial charge >= 0.3 is 0 Å². The van der Waals surface area contributed by atoms with Crippen LogP contribution in [0.25, 0.3) is 0 Å². The van der Waals surface area contributed by atoms with Gasteiger partial charge in [-0.15, -0.1) is 0 Å². The zero-order valence-electron chi connectivity index (χ0n) is 18.1. The second kappa shape index (κ2) is 9.91. The summed E-state index contributed by atoms with van der Waals surface area (Å²) in [6.07, 6.45) is 4.70. The molecule has 1 aliphatic rings. The lowest BCUT2D eigenvalue weighted by molar-refractivity contribution is -0.114. The van der Waals surface area contributed by atoms with Crippen LogP contribution in [0, 0.1) is 0 Å². The Bertz CT molecular complexity index is 1000. The predicted molar refractivity (Wildman–Crippen MR) is 123 cm³/mol. The van der Waals surface area contributed by atoms with Gasteiger partial charge in [0.25, 0.3) is 0 Å². The molecule has 3 rings (SSSR count). The van der Waals surface area contributed by atoms with Crippen LogP contribution in [0.4, 0.5) is 17.1 Å². The first-order chi connectivity index (χ1) is 14.8. The van der Waals surface area contributed by atoms with Crippen LogP contribution in [0.2, 0.25) is 0 Å². The van der Waals surface area contributed by atoms with Crippen molar-refractivity contribution in [2.75, 3.05) is 54.6 Å². The molecular formula is C22H29N3O5S. The zero-order chi connectivity index (χ0) is 22.4. The molecule has 1 heterocycles. The standard InChI is InChI=1S/C22H29N3O5S/c1-29-19-11-12-20(21(15-19)30-2)25(31(3,27)28)16-22(26)23-17-7-9-18(10-8-17)24-13-5-4-6-14-24/h7-12,15H,4-6,13-14,16H2,1-3H3,(H,23,26). The number of amides is 1. The molecule has 1 saturated heterocycles. The number of nitrogens with one attached hydrogen (secondary N) is 1. The average molecular weight is 448 g/mol. The van der Waals surface area contributed by atoms with Crippen molar-refractivity contribution in [3.05, 3.63) is 42.5 Å². The van der Waals surface area contributed by atoms with E-state index in [1.807, 2.05) is 24.3 Å². The lowest BCUT2D eigenvalue weighted by Crippen LogP contribution is -2.37. The fourth-order valence-corrected chi connectivity index (χ4v) is 4.47. The largest absolute Gasteiger partial charge is 0.497 e. The van der Waals surface area contributed by atoms with Crippen molar-refractivity contribution in [2.24, 2.45) is 0 Å². The van der Waals surface area contributed by atoms with Crippen molar-refractivity contribution in [3.8, 4) is 11.5 Å². The molecule has 2 aromatic carbocycles. The molecular weight excluding hydrogens is 418 g/mol. The fraction of sp³-hybridized carbons (Fsp3) is 0.409. The minimum atomic E-state index is -3.73. The van der Waals surface area contributed by atoms with E-state index < -0.39 is 15.9 Å². The van der Waals surface area contributed by atoms with E-state index in [-0.39, 0.29) is 12.2 Å². The Morgan fingerprint density at radius 1 is 1.03 bits per heavy atom. The van der Waals surface area contributed by atoms with Gasteiger partial charge in [0, 0.05) is 30.5 Å². The molecule has 0 atom stereocenters. The topological polar surface area (TPSA) is 88.2 Å². The van der Waals surface area contributed by atoms with Crippen LogP contribution < -0.4 is 24.0 Å². The summed E-state index contributed by atoms with van der Waals surface area (Å²) in [6, 6.07) is 12.4. The van der Waals surface area contributed by atoms with Crippen LogP contribution in [0.1, 0.15) is 19.3 Å². The van der Waals surface area contributed by atoms with Crippen LogP contribution in [0.5, 0.6) is 11.5 Å². The minimum Gasteiger partial charge on any atom is -0.497 e. The van der Waals surface area contributed by atoms with Crippen molar-refractivity contribution in [1.29, 1.82) is 0 Å². The van der Waals surface area contributed by atoms with Gasteiger partial charge in [-0.2, -0.15) is 0 Å². The van der Waals surface area contributed by atoms with Crippen LogP contribution in [-0.2, 0) is 14.8 Å². The second-order valence-electron chi connectivity index (χ2n) is 7.45.